The fraction of sp³-hybridized carbons (Fsp3) is 0.222. The Kier molecular flexibility index (Phi) is 5.05. The Balaban J connectivity index is 1.67. The third kappa shape index (κ3) is 3.60. The van der Waals surface area contributed by atoms with E-state index in [9.17, 15) is 20.2 Å². The Bertz CT molecular complexity index is 884. The molecule has 1 amide bonds. The van der Waals surface area contributed by atoms with Crippen LogP contribution in [0.25, 0.3) is 0 Å². The number of carbonyl (C=O) groups excluding carboxylic acids is 1. The summed E-state index contributed by atoms with van der Waals surface area (Å²) in [6.07, 6.45) is 0. The van der Waals surface area contributed by atoms with Crippen LogP contribution in [0.1, 0.15) is 15.9 Å². The number of nitrogens with zero attached hydrogens (tertiary/aromatic N) is 4. The van der Waals surface area contributed by atoms with Crippen molar-refractivity contribution in [3.63, 3.8) is 0 Å². The topological polar surface area (TPSA) is 90.5 Å². The number of rotatable bonds is 3. The van der Waals surface area contributed by atoms with Gasteiger partial charge in [0, 0.05) is 48.9 Å². The van der Waals surface area contributed by atoms with Crippen molar-refractivity contribution in [1.82, 2.24) is 4.90 Å². The molecule has 1 aliphatic rings. The number of hydrogen-bond donors (Lipinski definition) is 0. The molecule has 26 heavy (non-hydrogen) atoms. The molecule has 0 aromatic heterocycles. The summed E-state index contributed by atoms with van der Waals surface area (Å²) in [5.41, 5.74) is 1.69. The normalized spacial score (nSPS) is 14.0. The molecule has 1 saturated heterocycles. The maximum Gasteiger partial charge on any atom is 0.269 e. The lowest BCUT2D eigenvalue weighted by Crippen LogP contribution is -2.49. The molecule has 1 heterocycles. The lowest BCUT2D eigenvalue weighted by Gasteiger charge is -2.36. The first-order valence-corrected chi connectivity index (χ1v) is 8.35. The summed E-state index contributed by atoms with van der Waals surface area (Å²) in [5, 5.41) is 20.5. The molecule has 1 fully saturated rings. The molecule has 2 aromatic rings. The van der Waals surface area contributed by atoms with E-state index >= 15 is 0 Å². The number of hydrogen-bond acceptors (Lipinski definition) is 5. The van der Waals surface area contributed by atoms with E-state index in [1.165, 1.54) is 24.3 Å². The molecule has 8 heteroatoms. The highest BCUT2D eigenvalue weighted by atomic mass is 35.5. The molecule has 0 atom stereocenters. The van der Waals surface area contributed by atoms with Crippen LogP contribution in [0, 0.1) is 21.4 Å². The molecular weight excluding hydrogens is 356 g/mol. The Morgan fingerprint density at radius 3 is 2.35 bits per heavy atom. The minimum atomic E-state index is -0.494. The summed E-state index contributed by atoms with van der Waals surface area (Å²) in [6.45, 7) is 2.19. The molecule has 0 aliphatic carbocycles. The zero-order valence-electron chi connectivity index (χ0n) is 13.8. The molecule has 7 nitrogen and oxygen atoms in total. The first-order chi connectivity index (χ1) is 12.5. The number of nitriles is 1. The summed E-state index contributed by atoms with van der Waals surface area (Å²) in [4.78, 5) is 26.5. The van der Waals surface area contributed by atoms with E-state index in [1.807, 2.05) is 6.07 Å². The second kappa shape index (κ2) is 7.42. The predicted octanol–water partition coefficient (Wildman–Crippen LogP) is 3.08. The maximum absolute atomic E-state index is 12.6. The average Bonchev–Trinajstić information content (AvgIpc) is 2.67. The number of nitro groups is 1. The van der Waals surface area contributed by atoms with Gasteiger partial charge in [0.05, 0.1) is 16.2 Å². The maximum atomic E-state index is 12.6. The summed E-state index contributed by atoms with van der Waals surface area (Å²) in [6, 6.07) is 12.9. The zero-order valence-corrected chi connectivity index (χ0v) is 14.5. The van der Waals surface area contributed by atoms with Gasteiger partial charge in [0.2, 0.25) is 0 Å². The third-order valence-corrected chi connectivity index (χ3v) is 4.55. The molecule has 1 aliphatic heterocycles. The van der Waals surface area contributed by atoms with E-state index in [4.69, 9.17) is 11.6 Å². The number of non-ortho nitro benzene ring substituents is 1. The number of carbonyl (C=O) groups is 1. The van der Waals surface area contributed by atoms with Crippen molar-refractivity contribution in [2.75, 3.05) is 31.1 Å². The fourth-order valence-electron chi connectivity index (χ4n) is 2.93. The van der Waals surface area contributed by atoms with Crippen LogP contribution in [0.5, 0.6) is 0 Å². The van der Waals surface area contributed by atoms with E-state index in [2.05, 4.69) is 11.0 Å². The van der Waals surface area contributed by atoms with Gasteiger partial charge in [-0.05, 0) is 30.3 Å². The lowest BCUT2D eigenvalue weighted by molar-refractivity contribution is -0.384. The van der Waals surface area contributed by atoms with Crippen LogP contribution < -0.4 is 4.90 Å². The van der Waals surface area contributed by atoms with Crippen molar-refractivity contribution in [2.24, 2.45) is 0 Å². The summed E-state index contributed by atoms with van der Waals surface area (Å²) in [7, 11) is 0. The van der Waals surface area contributed by atoms with Crippen LogP contribution >= 0.6 is 11.6 Å². The standard InChI is InChI=1S/C18H15ClN4O3/c19-15-3-6-17(14(11-15)12-20)21-7-9-22(10-8-21)18(24)13-1-4-16(5-2-13)23(25)26/h1-6,11H,7-10H2. The highest BCUT2D eigenvalue weighted by molar-refractivity contribution is 6.30. The molecule has 132 valence electrons. The van der Waals surface area contributed by atoms with Gasteiger partial charge in [0.1, 0.15) is 6.07 Å². The van der Waals surface area contributed by atoms with Gasteiger partial charge in [-0.3, -0.25) is 14.9 Å². The number of benzene rings is 2. The average molecular weight is 371 g/mol. The third-order valence-electron chi connectivity index (χ3n) is 4.31. The molecule has 0 bridgehead atoms. The van der Waals surface area contributed by atoms with E-state index in [1.54, 1.807) is 17.0 Å². The van der Waals surface area contributed by atoms with Crippen molar-refractivity contribution < 1.29 is 9.72 Å². The molecule has 3 rings (SSSR count). The van der Waals surface area contributed by atoms with Gasteiger partial charge in [0.15, 0.2) is 0 Å². The first kappa shape index (κ1) is 17.7. The van der Waals surface area contributed by atoms with Crippen molar-refractivity contribution in [1.29, 1.82) is 5.26 Å². The molecule has 0 unspecified atom stereocenters. The first-order valence-electron chi connectivity index (χ1n) is 7.98. The van der Waals surface area contributed by atoms with Crippen LogP contribution in [0.15, 0.2) is 42.5 Å². The number of amides is 1. The van der Waals surface area contributed by atoms with Crippen molar-refractivity contribution in [2.45, 2.75) is 0 Å². The fourth-order valence-corrected chi connectivity index (χ4v) is 3.10. The zero-order chi connectivity index (χ0) is 18.7. The van der Waals surface area contributed by atoms with Gasteiger partial charge >= 0.3 is 0 Å². The van der Waals surface area contributed by atoms with Crippen LogP contribution in [-0.4, -0.2) is 41.9 Å². The Morgan fingerprint density at radius 2 is 1.77 bits per heavy atom. The number of anilines is 1. The van der Waals surface area contributed by atoms with Gasteiger partial charge in [-0.15, -0.1) is 0 Å². The molecule has 0 N–H and O–H groups in total. The van der Waals surface area contributed by atoms with Gasteiger partial charge in [-0.25, -0.2) is 0 Å². The summed E-state index contributed by atoms with van der Waals surface area (Å²) >= 11 is 5.93. The molecule has 0 radical (unpaired) electrons. The smallest absolute Gasteiger partial charge is 0.269 e. The molecular formula is C18H15ClN4O3. The van der Waals surface area contributed by atoms with E-state index in [0.717, 1.165) is 5.69 Å². The Labute approximate surface area is 155 Å². The van der Waals surface area contributed by atoms with E-state index in [0.29, 0.717) is 42.3 Å². The highest BCUT2D eigenvalue weighted by Crippen LogP contribution is 2.25. The second-order valence-corrected chi connectivity index (χ2v) is 6.29. The highest BCUT2D eigenvalue weighted by Gasteiger charge is 2.24. The molecule has 2 aromatic carbocycles. The van der Waals surface area contributed by atoms with Crippen molar-refractivity contribution >= 4 is 28.9 Å². The monoisotopic (exact) mass is 370 g/mol. The van der Waals surface area contributed by atoms with E-state index < -0.39 is 4.92 Å². The van der Waals surface area contributed by atoms with Gasteiger partial charge in [0.25, 0.3) is 11.6 Å². The molecule has 0 saturated carbocycles. The van der Waals surface area contributed by atoms with Gasteiger partial charge in [-0.2, -0.15) is 5.26 Å². The summed E-state index contributed by atoms with van der Waals surface area (Å²) in [5.74, 6) is -0.156. The second-order valence-electron chi connectivity index (χ2n) is 5.86. The SMILES string of the molecule is N#Cc1cc(Cl)ccc1N1CCN(C(=O)c2ccc([N+](=O)[O-])cc2)CC1. The van der Waals surface area contributed by atoms with Gasteiger partial charge in [-0.1, -0.05) is 11.6 Å². The van der Waals surface area contributed by atoms with Crippen LogP contribution in [0.3, 0.4) is 0 Å². The van der Waals surface area contributed by atoms with E-state index in [-0.39, 0.29) is 11.6 Å². The largest absolute Gasteiger partial charge is 0.367 e. The minimum Gasteiger partial charge on any atom is -0.367 e. The number of nitro benzene ring substituents is 1. The number of piperazine rings is 1. The van der Waals surface area contributed by atoms with Crippen LogP contribution in [0.2, 0.25) is 5.02 Å². The Morgan fingerprint density at radius 1 is 1.12 bits per heavy atom. The lowest BCUT2D eigenvalue weighted by atomic mass is 10.1. The quantitative estimate of drug-likeness (QED) is 0.611. The predicted molar refractivity (Wildman–Crippen MR) is 97.4 cm³/mol. The Hall–Kier alpha value is -3.11. The van der Waals surface area contributed by atoms with Crippen molar-refractivity contribution in [3.8, 4) is 6.07 Å². The molecule has 0 spiro atoms. The van der Waals surface area contributed by atoms with Crippen LogP contribution in [-0.2, 0) is 0 Å². The number of halogens is 1. The minimum absolute atomic E-state index is 0.0434. The summed E-state index contributed by atoms with van der Waals surface area (Å²) < 4.78 is 0. The van der Waals surface area contributed by atoms with Crippen LogP contribution in [0.4, 0.5) is 11.4 Å². The van der Waals surface area contributed by atoms with Crippen molar-refractivity contribution in [3.05, 3.63) is 68.7 Å². The van der Waals surface area contributed by atoms with Gasteiger partial charge < -0.3 is 9.80 Å².